The van der Waals surface area contributed by atoms with Crippen LogP contribution in [0.25, 0.3) is 0 Å². The fraction of sp³-hybridized carbons (Fsp3) is 0.424. The third-order valence-electron chi connectivity index (χ3n) is 7.54. The number of carbonyl (C=O) groups is 3. The fourth-order valence-corrected chi connectivity index (χ4v) is 5.27. The van der Waals surface area contributed by atoms with Crippen LogP contribution in [0.4, 0.5) is 0 Å². The molecule has 1 fully saturated rings. The van der Waals surface area contributed by atoms with Gasteiger partial charge in [0.05, 0.1) is 30.0 Å². The predicted molar refractivity (Wildman–Crippen MR) is 156 cm³/mol. The lowest BCUT2D eigenvalue weighted by atomic mass is 9.95. The van der Waals surface area contributed by atoms with Crippen LogP contribution in [0.15, 0.2) is 86.0 Å². The fourth-order valence-electron chi connectivity index (χ4n) is 5.27. The van der Waals surface area contributed by atoms with E-state index in [4.69, 9.17) is 4.74 Å². The lowest BCUT2D eigenvalue weighted by Crippen LogP contribution is -2.50. The maximum atomic E-state index is 13.4. The summed E-state index contributed by atoms with van der Waals surface area (Å²) in [5, 5.41) is 15.8. The zero-order chi connectivity index (χ0) is 28.8. The summed E-state index contributed by atoms with van der Waals surface area (Å²) in [6.07, 6.45) is 7.98. The Bertz CT molecular complexity index is 1110. The normalized spacial score (nSPS) is 16.2. The standard InChI is InChI=1S/C33H42N2O5/c1-3-13-27(22-30(37)35-33(24-36)19-11-12-20-33)31(38)34-29(26-17-9-6-10-18-26)23-40-32(39)28(14-4-2)21-25-15-7-5-8-16-25/h3-10,15-18,27-29,36H,1-2,11-14,19-24H2,(H,34,38)(H,35,37)/t27-,28-,29-/m0/s1. The first-order valence-corrected chi connectivity index (χ1v) is 14.1. The molecule has 1 aliphatic carbocycles. The molecule has 40 heavy (non-hydrogen) atoms. The molecule has 0 aliphatic heterocycles. The van der Waals surface area contributed by atoms with E-state index in [9.17, 15) is 19.5 Å². The average Bonchev–Trinajstić information content (AvgIpc) is 3.44. The lowest BCUT2D eigenvalue weighted by molar-refractivity contribution is -0.150. The molecular formula is C33H42N2O5. The molecule has 2 amide bonds. The number of esters is 1. The van der Waals surface area contributed by atoms with Crippen molar-refractivity contribution in [2.24, 2.45) is 11.8 Å². The molecule has 3 rings (SSSR count). The van der Waals surface area contributed by atoms with Gasteiger partial charge in [0, 0.05) is 6.42 Å². The number of rotatable bonds is 16. The van der Waals surface area contributed by atoms with Gasteiger partial charge in [-0.2, -0.15) is 0 Å². The molecule has 0 aromatic heterocycles. The second kappa shape index (κ2) is 15.8. The minimum Gasteiger partial charge on any atom is -0.463 e. The molecular weight excluding hydrogens is 504 g/mol. The highest BCUT2D eigenvalue weighted by Crippen LogP contribution is 2.29. The quantitative estimate of drug-likeness (QED) is 0.207. The van der Waals surface area contributed by atoms with Gasteiger partial charge in [-0.25, -0.2) is 0 Å². The van der Waals surface area contributed by atoms with Gasteiger partial charge in [0.15, 0.2) is 0 Å². The van der Waals surface area contributed by atoms with Crippen molar-refractivity contribution in [2.75, 3.05) is 13.2 Å². The number of amides is 2. The van der Waals surface area contributed by atoms with E-state index in [2.05, 4.69) is 23.8 Å². The van der Waals surface area contributed by atoms with E-state index in [0.29, 0.717) is 19.3 Å². The summed E-state index contributed by atoms with van der Waals surface area (Å²) >= 11 is 0. The topological polar surface area (TPSA) is 105 Å². The molecule has 1 aliphatic rings. The van der Waals surface area contributed by atoms with Crippen LogP contribution in [0.2, 0.25) is 0 Å². The Kier molecular flexibility index (Phi) is 12.2. The molecule has 2 aromatic rings. The van der Waals surface area contributed by atoms with E-state index in [-0.39, 0.29) is 37.4 Å². The first kappa shape index (κ1) is 30.8. The average molecular weight is 547 g/mol. The summed E-state index contributed by atoms with van der Waals surface area (Å²) in [4.78, 5) is 39.4. The van der Waals surface area contributed by atoms with Gasteiger partial charge in [0.1, 0.15) is 6.61 Å². The van der Waals surface area contributed by atoms with E-state index < -0.39 is 23.4 Å². The van der Waals surface area contributed by atoms with E-state index in [1.54, 1.807) is 12.2 Å². The van der Waals surface area contributed by atoms with Crippen LogP contribution >= 0.6 is 0 Å². The first-order valence-electron chi connectivity index (χ1n) is 14.1. The Hall–Kier alpha value is -3.71. The number of ether oxygens (including phenoxy) is 1. The van der Waals surface area contributed by atoms with Gasteiger partial charge in [-0.1, -0.05) is 85.7 Å². The number of carbonyl (C=O) groups excluding carboxylic acids is 3. The molecule has 7 nitrogen and oxygen atoms in total. The summed E-state index contributed by atoms with van der Waals surface area (Å²) in [5.74, 6) is -1.99. The van der Waals surface area contributed by atoms with Crippen molar-refractivity contribution in [1.82, 2.24) is 10.6 Å². The minimum atomic E-state index is -0.650. The molecule has 0 heterocycles. The van der Waals surface area contributed by atoms with Gasteiger partial charge >= 0.3 is 5.97 Å². The van der Waals surface area contributed by atoms with E-state index in [1.165, 1.54) is 0 Å². The van der Waals surface area contributed by atoms with Crippen molar-refractivity contribution in [3.05, 3.63) is 97.1 Å². The number of hydrogen-bond acceptors (Lipinski definition) is 5. The van der Waals surface area contributed by atoms with Gasteiger partial charge in [0.2, 0.25) is 11.8 Å². The highest BCUT2D eigenvalue weighted by atomic mass is 16.5. The van der Waals surface area contributed by atoms with Crippen molar-refractivity contribution in [3.63, 3.8) is 0 Å². The molecule has 2 aromatic carbocycles. The molecule has 7 heteroatoms. The minimum absolute atomic E-state index is 0.0284. The number of aliphatic hydroxyl groups excluding tert-OH is 1. The number of nitrogens with one attached hydrogen (secondary N) is 2. The maximum absolute atomic E-state index is 13.4. The van der Waals surface area contributed by atoms with Crippen LogP contribution in [0.5, 0.6) is 0 Å². The van der Waals surface area contributed by atoms with Gasteiger partial charge in [0.25, 0.3) is 0 Å². The third-order valence-corrected chi connectivity index (χ3v) is 7.54. The molecule has 0 bridgehead atoms. The first-order chi connectivity index (χ1) is 19.4. The number of allylic oxidation sites excluding steroid dienone is 2. The monoisotopic (exact) mass is 546 g/mol. The molecule has 0 spiro atoms. The van der Waals surface area contributed by atoms with Crippen LogP contribution in [0, 0.1) is 11.8 Å². The van der Waals surface area contributed by atoms with Gasteiger partial charge < -0.3 is 20.5 Å². The second-order valence-electron chi connectivity index (χ2n) is 10.6. The van der Waals surface area contributed by atoms with Crippen LogP contribution in [-0.4, -0.2) is 41.6 Å². The van der Waals surface area contributed by atoms with Gasteiger partial charge in [-0.15, -0.1) is 13.2 Å². The third kappa shape index (κ3) is 9.19. The highest BCUT2D eigenvalue weighted by Gasteiger charge is 2.35. The second-order valence-corrected chi connectivity index (χ2v) is 10.6. The van der Waals surface area contributed by atoms with Crippen LogP contribution < -0.4 is 10.6 Å². The van der Waals surface area contributed by atoms with E-state index in [0.717, 1.165) is 36.8 Å². The van der Waals surface area contributed by atoms with Crippen molar-refractivity contribution in [3.8, 4) is 0 Å². The van der Waals surface area contributed by atoms with E-state index >= 15 is 0 Å². The van der Waals surface area contributed by atoms with Crippen molar-refractivity contribution in [1.29, 1.82) is 0 Å². The van der Waals surface area contributed by atoms with Gasteiger partial charge in [-0.3, -0.25) is 14.4 Å². The lowest BCUT2D eigenvalue weighted by Gasteiger charge is -2.29. The Labute approximate surface area is 237 Å². The maximum Gasteiger partial charge on any atom is 0.309 e. The molecule has 0 saturated heterocycles. The zero-order valence-corrected chi connectivity index (χ0v) is 23.2. The predicted octanol–water partition coefficient (Wildman–Crippen LogP) is 4.83. The van der Waals surface area contributed by atoms with Crippen molar-refractivity contribution in [2.45, 2.75) is 62.9 Å². The summed E-state index contributed by atoms with van der Waals surface area (Å²) in [5.41, 5.74) is 1.22. The van der Waals surface area contributed by atoms with E-state index in [1.807, 2.05) is 60.7 Å². The van der Waals surface area contributed by atoms with Crippen LogP contribution in [-0.2, 0) is 25.5 Å². The van der Waals surface area contributed by atoms with Crippen molar-refractivity contribution < 1.29 is 24.2 Å². The highest BCUT2D eigenvalue weighted by molar-refractivity contribution is 5.86. The largest absolute Gasteiger partial charge is 0.463 e. The molecule has 214 valence electrons. The Morgan fingerprint density at radius 2 is 1.52 bits per heavy atom. The van der Waals surface area contributed by atoms with Crippen LogP contribution in [0.1, 0.15) is 62.1 Å². The SMILES string of the molecule is C=CC[C@@H](CC(=O)NC1(CO)CCCC1)C(=O)N[C@@H](COC(=O)[C@@H](CC=C)Cc1ccccc1)c1ccccc1. The summed E-state index contributed by atoms with van der Waals surface area (Å²) in [7, 11) is 0. The Morgan fingerprint density at radius 3 is 2.12 bits per heavy atom. The number of aliphatic hydroxyl groups is 1. The molecule has 0 radical (unpaired) electrons. The molecule has 3 atom stereocenters. The number of benzene rings is 2. The molecule has 3 N–H and O–H groups in total. The Balaban J connectivity index is 1.67. The summed E-state index contributed by atoms with van der Waals surface area (Å²) < 4.78 is 5.75. The van der Waals surface area contributed by atoms with Crippen molar-refractivity contribution >= 4 is 17.8 Å². The summed E-state index contributed by atoms with van der Waals surface area (Å²) in [6, 6.07) is 18.5. The van der Waals surface area contributed by atoms with Crippen LogP contribution in [0.3, 0.4) is 0 Å². The zero-order valence-electron chi connectivity index (χ0n) is 23.2. The Morgan fingerprint density at radius 1 is 0.925 bits per heavy atom. The molecule has 1 saturated carbocycles. The molecule has 0 unspecified atom stereocenters. The number of hydrogen-bond donors (Lipinski definition) is 3. The summed E-state index contributed by atoms with van der Waals surface area (Å²) in [6.45, 7) is 7.39. The smallest absolute Gasteiger partial charge is 0.309 e. The van der Waals surface area contributed by atoms with Gasteiger partial charge in [-0.05, 0) is 43.2 Å².